The SMILES string of the molecule is COc1ccccc1-c1nnc(SCc2cc(=O)oc3cc(O)c(Cl)cc23)n1C. The van der Waals surface area contributed by atoms with Crippen LogP contribution in [0.4, 0.5) is 0 Å². The number of aromatic nitrogens is 3. The molecule has 0 saturated carbocycles. The highest BCUT2D eigenvalue weighted by Crippen LogP contribution is 2.34. The van der Waals surface area contributed by atoms with Crippen molar-refractivity contribution in [2.75, 3.05) is 7.11 Å². The summed E-state index contributed by atoms with van der Waals surface area (Å²) in [6, 6.07) is 11.9. The minimum absolute atomic E-state index is 0.137. The normalized spacial score (nSPS) is 11.1. The number of nitrogens with zero attached hydrogens (tertiary/aromatic N) is 3. The first-order valence-electron chi connectivity index (χ1n) is 8.58. The first-order valence-corrected chi connectivity index (χ1v) is 9.95. The molecule has 4 rings (SSSR count). The fraction of sp³-hybridized carbons (Fsp3) is 0.150. The fourth-order valence-electron chi connectivity index (χ4n) is 3.00. The van der Waals surface area contributed by atoms with Crippen molar-refractivity contribution in [3.8, 4) is 22.9 Å². The van der Waals surface area contributed by atoms with Gasteiger partial charge in [0.15, 0.2) is 11.0 Å². The molecule has 0 unspecified atom stereocenters. The maximum Gasteiger partial charge on any atom is 0.336 e. The van der Waals surface area contributed by atoms with Gasteiger partial charge < -0.3 is 18.8 Å². The molecule has 0 bridgehead atoms. The Balaban J connectivity index is 1.66. The smallest absolute Gasteiger partial charge is 0.336 e. The Labute approximate surface area is 174 Å². The number of aromatic hydroxyl groups is 1. The second-order valence-corrected chi connectivity index (χ2v) is 7.59. The van der Waals surface area contributed by atoms with Crippen LogP contribution in [-0.4, -0.2) is 27.0 Å². The van der Waals surface area contributed by atoms with Crippen molar-refractivity contribution >= 4 is 34.3 Å². The van der Waals surface area contributed by atoms with E-state index in [1.807, 2.05) is 35.9 Å². The van der Waals surface area contributed by atoms with E-state index in [1.54, 1.807) is 13.2 Å². The summed E-state index contributed by atoms with van der Waals surface area (Å²) in [5, 5.41) is 19.9. The number of hydrogen-bond acceptors (Lipinski definition) is 7. The molecule has 148 valence electrons. The highest BCUT2D eigenvalue weighted by atomic mass is 35.5. The summed E-state index contributed by atoms with van der Waals surface area (Å²) in [5.41, 5.74) is 1.35. The summed E-state index contributed by atoms with van der Waals surface area (Å²) >= 11 is 7.45. The van der Waals surface area contributed by atoms with E-state index in [9.17, 15) is 9.90 Å². The second kappa shape index (κ2) is 7.81. The van der Waals surface area contributed by atoms with Crippen molar-refractivity contribution in [2.24, 2.45) is 7.05 Å². The molecule has 1 N–H and O–H groups in total. The number of ether oxygens (including phenoxy) is 1. The fourth-order valence-corrected chi connectivity index (χ4v) is 4.07. The van der Waals surface area contributed by atoms with E-state index in [0.717, 1.165) is 11.1 Å². The van der Waals surface area contributed by atoms with E-state index < -0.39 is 5.63 Å². The molecule has 9 heteroatoms. The lowest BCUT2D eigenvalue weighted by Gasteiger charge is -2.09. The second-order valence-electron chi connectivity index (χ2n) is 6.24. The quantitative estimate of drug-likeness (QED) is 0.374. The predicted octanol–water partition coefficient (Wildman–Crippen LogP) is 4.25. The maximum atomic E-state index is 11.9. The number of thioether (sulfide) groups is 1. The van der Waals surface area contributed by atoms with Crippen LogP contribution in [0, 0.1) is 0 Å². The number of phenols is 1. The van der Waals surface area contributed by atoms with Crippen molar-refractivity contribution < 1.29 is 14.3 Å². The van der Waals surface area contributed by atoms with Gasteiger partial charge in [-0.25, -0.2) is 4.79 Å². The van der Waals surface area contributed by atoms with Gasteiger partial charge >= 0.3 is 5.63 Å². The zero-order valence-electron chi connectivity index (χ0n) is 15.5. The molecule has 4 aromatic rings. The van der Waals surface area contributed by atoms with Gasteiger partial charge in [0.1, 0.15) is 17.1 Å². The standard InChI is InChI=1S/C20H16ClN3O4S/c1-24-19(12-5-3-4-6-16(12)27-2)22-23-20(24)29-10-11-7-18(26)28-17-9-15(25)14(21)8-13(11)17/h3-9,25H,10H2,1-2H3. The third kappa shape index (κ3) is 3.68. The van der Waals surface area contributed by atoms with Crippen molar-refractivity contribution in [1.29, 1.82) is 0 Å². The Kier molecular flexibility index (Phi) is 5.21. The van der Waals surface area contributed by atoms with Crippen molar-refractivity contribution in [1.82, 2.24) is 14.8 Å². The number of phenolic OH excluding ortho intramolecular Hbond substituents is 1. The summed E-state index contributed by atoms with van der Waals surface area (Å²) in [6.07, 6.45) is 0. The van der Waals surface area contributed by atoms with Crippen LogP contribution in [-0.2, 0) is 12.8 Å². The molecular formula is C20H16ClN3O4S. The van der Waals surface area contributed by atoms with Crippen molar-refractivity contribution in [3.05, 3.63) is 63.5 Å². The first kappa shape index (κ1) is 19.4. The van der Waals surface area contributed by atoms with E-state index >= 15 is 0 Å². The molecule has 29 heavy (non-hydrogen) atoms. The molecule has 2 aromatic carbocycles. The van der Waals surface area contributed by atoms with Crippen LogP contribution in [0.15, 0.2) is 56.8 Å². The molecule has 7 nitrogen and oxygen atoms in total. The topological polar surface area (TPSA) is 90.4 Å². The molecule has 0 amide bonds. The minimum atomic E-state index is -0.498. The molecule has 0 atom stereocenters. The van der Waals surface area contributed by atoms with E-state index in [-0.39, 0.29) is 16.4 Å². The lowest BCUT2D eigenvalue weighted by molar-refractivity contribution is 0.416. The van der Waals surface area contributed by atoms with E-state index in [1.165, 1.54) is 23.9 Å². The van der Waals surface area contributed by atoms with Crippen LogP contribution in [0.25, 0.3) is 22.4 Å². The zero-order chi connectivity index (χ0) is 20.5. The van der Waals surface area contributed by atoms with Gasteiger partial charge in [-0.3, -0.25) is 0 Å². The number of fused-ring (bicyclic) bond motifs is 1. The van der Waals surface area contributed by atoms with E-state index in [0.29, 0.717) is 27.9 Å². The molecule has 0 fully saturated rings. The lowest BCUT2D eigenvalue weighted by Crippen LogP contribution is -2.01. The van der Waals surface area contributed by atoms with Gasteiger partial charge in [0, 0.05) is 30.3 Å². The molecule has 2 heterocycles. The maximum absolute atomic E-state index is 11.9. The molecule has 0 spiro atoms. The summed E-state index contributed by atoms with van der Waals surface area (Å²) in [5.74, 6) is 1.69. The molecule has 0 radical (unpaired) electrons. The molecule has 2 aromatic heterocycles. The van der Waals surface area contributed by atoms with Gasteiger partial charge in [-0.05, 0) is 23.8 Å². The van der Waals surface area contributed by atoms with Crippen LogP contribution in [0.5, 0.6) is 11.5 Å². The van der Waals surface area contributed by atoms with Crippen LogP contribution in [0.1, 0.15) is 5.56 Å². The monoisotopic (exact) mass is 429 g/mol. The molecular weight excluding hydrogens is 414 g/mol. The minimum Gasteiger partial charge on any atom is -0.506 e. The average Bonchev–Trinajstić information content (AvgIpc) is 3.07. The highest BCUT2D eigenvalue weighted by Gasteiger charge is 2.16. The number of halogens is 1. The van der Waals surface area contributed by atoms with Crippen molar-refractivity contribution in [2.45, 2.75) is 10.9 Å². The van der Waals surface area contributed by atoms with Gasteiger partial charge in [0.2, 0.25) is 0 Å². The van der Waals surface area contributed by atoms with Gasteiger partial charge in [-0.1, -0.05) is 35.5 Å². The van der Waals surface area contributed by atoms with Gasteiger partial charge in [0.05, 0.1) is 17.7 Å². The largest absolute Gasteiger partial charge is 0.506 e. The average molecular weight is 430 g/mol. The van der Waals surface area contributed by atoms with Crippen LogP contribution in [0.3, 0.4) is 0 Å². The Bertz CT molecular complexity index is 1270. The summed E-state index contributed by atoms with van der Waals surface area (Å²) in [6.45, 7) is 0. The number of methoxy groups -OCH3 is 1. The number of benzene rings is 2. The third-order valence-corrected chi connectivity index (χ3v) is 5.81. The van der Waals surface area contributed by atoms with E-state index in [4.69, 9.17) is 20.8 Å². The zero-order valence-corrected chi connectivity index (χ0v) is 17.1. The summed E-state index contributed by atoms with van der Waals surface area (Å²) in [7, 11) is 3.48. The van der Waals surface area contributed by atoms with E-state index in [2.05, 4.69) is 10.2 Å². The van der Waals surface area contributed by atoms with Gasteiger partial charge in [0.25, 0.3) is 0 Å². The summed E-state index contributed by atoms with van der Waals surface area (Å²) in [4.78, 5) is 11.9. The summed E-state index contributed by atoms with van der Waals surface area (Å²) < 4.78 is 12.5. The Morgan fingerprint density at radius 3 is 2.83 bits per heavy atom. The molecule has 0 aliphatic rings. The number of para-hydroxylation sites is 1. The molecule has 0 saturated heterocycles. The van der Waals surface area contributed by atoms with Crippen molar-refractivity contribution in [3.63, 3.8) is 0 Å². The molecule has 0 aliphatic carbocycles. The third-order valence-electron chi connectivity index (χ3n) is 4.44. The molecule has 0 aliphatic heterocycles. The Hall–Kier alpha value is -2.97. The van der Waals surface area contributed by atoms with Gasteiger partial charge in [-0.15, -0.1) is 10.2 Å². The predicted molar refractivity (Wildman–Crippen MR) is 112 cm³/mol. The Morgan fingerprint density at radius 2 is 2.03 bits per heavy atom. The van der Waals surface area contributed by atoms with Crippen LogP contribution >= 0.6 is 23.4 Å². The highest BCUT2D eigenvalue weighted by molar-refractivity contribution is 7.98. The van der Waals surface area contributed by atoms with Crippen LogP contribution < -0.4 is 10.4 Å². The Morgan fingerprint density at radius 1 is 1.24 bits per heavy atom. The lowest BCUT2D eigenvalue weighted by atomic mass is 10.1. The number of rotatable bonds is 5. The first-order chi connectivity index (χ1) is 14.0. The number of hydrogen-bond donors (Lipinski definition) is 1. The van der Waals surface area contributed by atoms with Crippen LogP contribution in [0.2, 0.25) is 5.02 Å². The van der Waals surface area contributed by atoms with Gasteiger partial charge in [-0.2, -0.15) is 0 Å².